The number of hydrogen-bond acceptors (Lipinski definition) is 3. The molecule has 0 spiro atoms. The lowest BCUT2D eigenvalue weighted by molar-refractivity contribution is 0.0604. The van der Waals surface area contributed by atoms with Gasteiger partial charge in [0.05, 0.1) is 11.1 Å². The van der Waals surface area contributed by atoms with E-state index >= 15 is 0 Å². The third-order valence-electron chi connectivity index (χ3n) is 4.96. The Bertz CT molecular complexity index is 931. The Kier molecular flexibility index (Phi) is 3.96. The van der Waals surface area contributed by atoms with Gasteiger partial charge in [-0.05, 0) is 48.7 Å². The number of carbonyl (C=O) groups is 1. The summed E-state index contributed by atoms with van der Waals surface area (Å²) in [5.74, 6) is 0.488. The summed E-state index contributed by atoms with van der Waals surface area (Å²) in [6, 6.07) is 12.2. The number of carbonyl (C=O) groups excluding carboxylic acids is 1. The van der Waals surface area contributed by atoms with E-state index in [2.05, 4.69) is 35.1 Å². The summed E-state index contributed by atoms with van der Waals surface area (Å²) in [5.41, 5.74) is 4.97. The van der Waals surface area contributed by atoms with Crippen LogP contribution in [0.5, 0.6) is 0 Å². The third-order valence-corrected chi connectivity index (χ3v) is 4.96. The summed E-state index contributed by atoms with van der Waals surface area (Å²) in [5, 5.41) is 0.958. The lowest BCUT2D eigenvalue weighted by atomic mass is 9.91. The Morgan fingerprint density at radius 1 is 1.24 bits per heavy atom. The van der Waals surface area contributed by atoms with Crippen molar-refractivity contribution in [2.24, 2.45) is 0 Å². The number of likely N-dealkylation sites (tertiary alicyclic amines) is 1. The number of hydrogen-bond donors (Lipinski definition) is 0. The molecule has 1 saturated heterocycles. The van der Waals surface area contributed by atoms with Crippen molar-refractivity contribution < 1.29 is 4.79 Å². The van der Waals surface area contributed by atoms with E-state index in [0.29, 0.717) is 5.92 Å². The highest BCUT2D eigenvalue weighted by Crippen LogP contribution is 2.30. The van der Waals surface area contributed by atoms with Gasteiger partial charge in [-0.3, -0.25) is 14.8 Å². The molecule has 1 aromatic carbocycles. The van der Waals surface area contributed by atoms with Crippen LogP contribution in [-0.2, 0) is 6.42 Å². The topological polar surface area (TPSA) is 46.1 Å². The monoisotopic (exact) mass is 331 g/mol. The number of rotatable bonds is 3. The van der Waals surface area contributed by atoms with E-state index in [1.54, 1.807) is 6.20 Å². The molecule has 0 saturated carbocycles. The SMILES string of the molecule is CCc1ccc2nc(C)cc(C(=O)N3CC(c4cccnc4)C3)c2c1. The summed E-state index contributed by atoms with van der Waals surface area (Å²) in [6.45, 7) is 5.57. The highest BCUT2D eigenvalue weighted by Gasteiger charge is 2.33. The molecular weight excluding hydrogens is 310 g/mol. The minimum Gasteiger partial charge on any atom is -0.337 e. The molecule has 4 rings (SSSR count). The standard InChI is InChI=1S/C21H21N3O/c1-3-15-6-7-20-18(10-15)19(9-14(2)23-20)21(25)24-12-17(13-24)16-5-4-8-22-11-16/h4-11,17H,3,12-13H2,1-2H3. The van der Waals surface area contributed by atoms with Crippen LogP contribution in [-0.4, -0.2) is 33.9 Å². The van der Waals surface area contributed by atoms with E-state index in [1.165, 1.54) is 11.1 Å². The number of pyridine rings is 2. The van der Waals surface area contributed by atoms with Crippen LogP contribution in [0, 0.1) is 6.92 Å². The van der Waals surface area contributed by atoms with E-state index in [4.69, 9.17) is 0 Å². The molecule has 1 fully saturated rings. The Morgan fingerprint density at radius 2 is 2.08 bits per heavy atom. The molecule has 25 heavy (non-hydrogen) atoms. The van der Waals surface area contributed by atoms with Gasteiger partial charge in [0, 0.05) is 42.5 Å². The highest BCUT2D eigenvalue weighted by atomic mass is 16.2. The number of nitrogens with zero attached hydrogens (tertiary/aromatic N) is 3. The molecule has 3 heterocycles. The zero-order valence-electron chi connectivity index (χ0n) is 14.6. The molecule has 0 radical (unpaired) electrons. The van der Waals surface area contributed by atoms with Crippen LogP contribution < -0.4 is 0 Å². The smallest absolute Gasteiger partial charge is 0.254 e. The minimum absolute atomic E-state index is 0.101. The summed E-state index contributed by atoms with van der Waals surface area (Å²) in [7, 11) is 0. The maximum Gasteiger partial charge on any atom is 0.254 e. The lowest BCUT2D eigenvalue weighted by Gasteiger charge is -2.39. The first kappa shape index (κ1) is 15.8. The predicted molar refractivity (Wildman–Crippen MR) is 98.7 cm³/mol. The maximum absolute atomic E-state index is 13.1. The molecule has 0 unspecified atom stereocenters. The van der Waals surface area contributed by atoms with Gasteiger partial charge in [-0.25, -0.2) is 0 Å². The number of aromatic nitrogens is 2. The first-order chi connectivity index (χ1) is 12.2. The van der Waals surface area contributed by atoms with E-state index in [9.17, 15) is 4.79 Å². The first-order valence-corrected chi connectivity index (χ1v) is 8.75. The second-order valence-electron chi connectivity index (χ2n) is 6.71. The molecule has 1 aliphatic heterocycles. The van der Waals surface area contributed by atoms with Gasteiger partial charge in [0.15, 0.2) is 0 Å². The fourth-order valence-electron chi connectivity index (χ4n) is 3.45. The predicted octanol–water partition coefficient (Wildman–Crippen LogP) is 3.74. The van der Waals surface area contributed by atoms with Gasteiger partial charge in [-0.1, -0.05) is 19.1 Å². The van der Waals surface area contributed by atoms with Crippen LogP contribution in [0.2, 0.25) is 0 Å². The van der Waals surface area contributed by atoms with Crippen molar-refractivity contribution in [3.8, 4) is 0 Å². The molecule has 2 aromatic heterocycles. The van der Waals surface area contributed by atoms with Crippen molar-refractivity contribution in [1.29, 1.82) is 0 Å². The summed E-state index contributed by atoms with van der Waals surface area (Å²) in [6.07, 6.45) is 4.62. The summed E-state index contributed by atoms with van der Waals surface area (Å²) >= 11 is 0. The van der Waals surface area contributed by atoms with Crippen molar-refractivity contribution in [2.75, 3.05) is 13.1 Å². The zero-order valence-corrected chi connectivity index (χ0v) is 14.6. The Labute approximate surface area is 147 Å². The molecule has 1 amide bonds. The molecule has 4 nitrogen and oxygen atoms in total. The van der Waals surface area contributed by atoms with E-state index in [-0.39, 0.29) is 5.91 Å². The van der Waals surface area contributed by atoms with Gasteiger partial charge in [0.2, 0.25) is 0 Å². The Morgan fingerprint density at radius 3 is 2.80 bits per heavy atom. The van der Waals surface area contributed by atoms with Gasteiger partial charge in [-0.15, -0.1) is 0 Å². The van der Waals surface area contributed by atoms with Crippen molar-refractivity contribution in [1.82, 2.24) is 14.9 Å². The van der Waals surface area contributed by atoms with Crippen molar-refractivity contribution in [3.05, 3.63) is 71.2 Å². The van der Waals surface area contributed by atoms with E-state index < -0.39 is 0 Å². The van der Waals surface area contributed by atoms with Gasteiger partial charge in [0.1, 0.15) is 0 Å². The molecule has 0 atom stereocenters. The average molecular weight is 331 g/mol. The van der Waals surface area contributed by atoms with Crippen LogP contribution in [0.4, 0.5) is 0 Å². The molecule has 3 aromatic rings. The number of aryl methyl sites for hydroxylation is 2. The third kappa shape index (κ3) is 2.88. The number of benzene rings is 1. The maximum atomic E-state index is 13.1. The van der Waals surface area contributed by atoms with Crippen LogP contribution in [0.3, 0.4) is 0 Å². The fraction of sp³-hybridized carbons (Fsp3) is 0.286. The van der Waals surface area contributed by atoms with Crippen LogP contribution in [0.1, 0.15) is 40.0 Å². The molecule has 1 aliphatic rings. The quantitative estimate of drug-likeness (QED) is 0.734. The largest absolute Gasteiger partial charge is 0.337 e. The summed E-state index contributed by atoms with van der Waals surface area (Å²) < 4.78 is 0. The van der Waals surface area contributed by atoms with Crippen molar-refractivity contribution in [2.45, 2.75) is 26.2 Å². The highest BCUT2D eigenvalue weighted by molar-refractivity contribution is 6.06. The van der Waals surface area contributed by atoms with Crippen LogP contribution >= 0.6 is 0 Å². The molecule has 126 valence electrons. The molecule has 0 bridgehead atoms. The Balaban J connectivity index is 1.62. The van der Waals surface area contributed by atoms with Gasteiger partial charge in [0.25, 0.3) is 5.91 Å². The second-order valence-corrected chi connectivity index (χ2v) is 6.71. The van der Waals surface area contributed by atoms with E-state index in [0.717, 1.165) is 41.7 Å². The second kappa shape index (κ2) is 6.28. The van der Waals surface area contributed by atoms with E-state index in [1.807, 2.05) is 36.2 Å². The van der Waals surface area contributed by atoms with Gasteiger partial charge < -0.3 is 4.90 Å². The van der Waals surface area contributed by atoms with Crippen molar-refractivity contribution in [3.63, 3.8) is 0 Å². The number of fused-ring (bicyclic) bond motifs is 1. The zero-order chi connectivity index (χ0) is 17.4. The van der Waals surface area contributed by atoms with Crippen molar-refractivity contribution >= 4 is 16.8 Å². The fourth-order valence-corrected chi connectivity index (χ4v) is 3.45. The molecule has 4 heteroatoms. The molecule has 0 aliphatic carbocycles. The molecular formula is C21H21N3O. The number of amides is 1. The Hall–Kier alpha value is -2.75. The van der Waals surface area contributed by atoms with Crippen LogP contribution in [0.25, 0.3) is 10.9 Å². The average Bonchev–Trinajstić information content (AvgIpc) is 2.60. The normalized spacial score (nSPS) is 14.6. The minimum atomic E-state index is 0.101. The van der Waals surface area contributed by atoms with Gasteiger partial charge in [-0.2, -0.15) is 0 Å². The molecule has 0 N–H and O–H groups in total. The lowest BCUT2D eigenvalue weighted by Crippen LogP contribution is -2.48. The first-order valence-electron chi connectivity index (χ1n) is 8.75. The summed E-state index contributed by atoms with van der Waals surface area (Å²) in [4.78, 5) is 23.7. The van der Waals surface area contributed by atoms with Crippen LogP contribution in [0.15, 0.2) is 48.8 Å². The van der Waals surface area contributed by atoms with Gasteiger partial charge >= 0.3 is 0 Å².